The Hall–Kier alpha value is -1.62. The van der Waals surface area contributed by atoms with Gasteiger partial charge < -0.3 is 14.7 Å². The first-order chi connectivity index (χ1) is 13.6. The molecule has 8 atom stereocenters. The van der Waals surface area contributed by atoms with E-state index in [0.717, 1.165) is 12.8 Å². The molecule has 1 N–H and O–H groups in total. The second-order valence-electron chi connectivity index (χ2n) is 10.1. The van der Waals surface area contributed by atoms with Crippen LogP contribution in [0.3, 0.4) is 0 Å². The minimum absolute atomic E-state index is 0.0127. The van der Waals surface area contributed by atoms with Crippen LogP contribution in [0.15, 0.2) is 23.0 Å². The molecule has 0 radical (unpaired) electrons. The number of hydrogen-bond acceptors (Lipinski definition) is 4. The number of Topliss-reactive ketones (excluding diaryl/α,β-unsaturated/α-hetero) is 1. The largest absolute Gasteiger partial charge is 0.511 e. The molecule has 29 heavy (non-hydrogen) atoms. The molecule has 1 saturated carbocycles. The molecule has 2 heterocycles. The summed E-state index contributed by atoms with van der Waals surface area (Å²) in [5.41, 5.74) is 1.26. The average molecular weight is 402 g/mol. The molecular formula is C24H35NO4. The third-order valence-corrected chi connectivity index (χ3v) is 7.93. The van der Waals surface area contributed by atoms with E-state index < -0.39 is 6.04 Å². The van der Waals surface area contributed by atoms with Gasteiger partial charge in [0.15, 0.2) is 5.78 Å². The molecule has 2 aliphatic heterocycles. The maximum absolute atomic E-state index is 13.2. The van der Waals surface area contributed by atoms with Crippen LogP contribution in [0.2, 0.25) is 0 Å². The fraction of sp³-hybridized carbons (Fsp3) is 0.750. The van der Waals surface area contributed by atoms with Crippen molar-refractivity contribution in [1.82, 2.24) is 4.90 Å². The minimum atomic E-state index is -0.492. The molecular weight excluding hydrogens is 366 g/mol. The van der Waals surface area contributed by atoms with E-state index in [4.69, 9.17) is 4.74 Å². The van der Waals surface area contributed by atoms with Gasteiger partial charge in [-0.2, -0.15) is 0 Å². The van der Waals surface area contributed by atoms with E-state index in [9.17, 15) is 14.7 Å². The Kier molecular flexibility index (Phi) is 5.17. The third-order valence-electron chi connectivity index (χ3n) is 7.93. The van der Waals surface area contributed by atoms with E-state index in [1.165, 1.54) is 16.9 Å². The van der Waals surface area contributed by atoms with Crippen LogP contribution in [0, 0.1) is 35.5 Å². The number of ether oxygens (including phenoxy) is 1. The summed E-state index contributed by atoms with van der Waals surface area (Å²) >= 11 is 0. The second kappa shape index (κ2) is 7.26. The number of epoxide rings is 1. The average Bonchev–Trinajstić information content (AvgIpc) is 3.30. The highest BCUT2D eigenvalue weighted by Crippen LogP contribution is 2.54. The highest BCUT2D eigenvalue weighted by molar-refractivity contribution is 6.26. The SMILES string of the molecule is CC1=C[C@@H]2CCC[C@H](C)[C@H]2[C@H](/C(O)=C2\C(=O)[C@@H](C(C)C)N(C)C2=O)[C@H]1[C@@H]1O[C@H]1C. The van der Waals surface area contributed by atoms with Crippen molar-refractivity contribution in [2.24, 2.45) is 35.5 Å². The van der Waals surface area contributed by atoms with Crippen LogP contribution in [0.4, 0.5) is 0 Å². The highest BCUT2D eigenvalue weighted by atomic mass is 16.6. The fourth-order valence-corrected chi connectivity index (χ4v) is 6.55. The summed E-state index contributed by atoms with van der Waals surface area (Å²) in [5, 5.41) is 11.6. The molecule has 0 aromatic heterocycles. The molecule has 0 aromatic rings. The molecule has 2 aliphatic carbocycles. The first-order valence-corrected chi connectivity index (χ1v) is 11.2. The second-order valence-corrected chi connectivity index (χ2v) is 10.1. The van der Waals surface area contributed by atoms with Crippen LogP contribution < -0.4 is 0 Å². The number of carbonyl (C=O) groups is 2. The van der Waals surface area contributed by atoms with Gasteiger partial charge in [0.05, 0.1) is 18.2 Å². The molecule has 0 aromatic carbocycles. The molecule has 3 fully saturated rings. The van der Waals surface area contributed by atoms with Gasteiger partial charge in [-0.05, 0) is 43.9 Å². The number of hydrogen-bond donors (Lipinski definition) is 1. The molecule has 4 rings (SSSR count). The van der Waals surface area contributed by atoms with Crippen LogP contribution in [0.5, 0.6) is 0 Å². The molecule has 2 saturated heterocycles. The molecule has 5 heteroatoms. The van der Waals surface area contributed by atoms with Gasteiger partial charge in [0.25, 0.3) is 5.91 Å². The zero-order valence-corrected chi connectivity index (χ0v) is 18.5. The van der Waals surface area contributed by atoms with E-state index >= 15 is 0 Å². The van der Waals surface area contributed by atoms with Crippen molar-refractivity contribution in [3.63, 3.8) is 0 Å². The predicted molar refractivity (Wildman–Crippen MR) is 111 cm³/mol. The number of fused-ring (bicyclic) bond motifs is 1. The number of allylic oxidation sites excluding steroid dienone is 2. The fourth-order valence-electron chi connectivity index (χ4n) is 6.55. The summed E-state index contributed by atoms with van der Waals surface area (Å²) in [6.07, 6.45) is 6.01. The van der Waals surface area contributed by atoms with E-state index in [1.54, 1.807) is 7.05 Å². The smallest absolute Gasteiger partial charge is 0.261 e. The monoisotopic (exact) mass is 401 g/mol. The number of aliphatic hydroxyl groups is 1. The van der Waals surface area contributed by atoms with E-state index in [-0.39, 0.29) is 58.9 Å². The van der Waals surface area contributed by atoms with Crippen LogP contribution >= 0.6 is 0 Å². The van der Waals surface area contributed by atoms with Gasteiger partial charge in [-0.1, -0.05) is 45.3 Å². The van der Waals surface area contributed by atoms with Gasteiger partial charge in [-0.25, -0.2) is 0 Å². The van der Waals surface area contributed by atoms with Gasteiger partial charge in [-0.3, -0.25) is 9.59 Å². The molecule has 0 spiro atoms. The van der Waals surface area contributed by atoms with Crippen molar-refractivity contribution in [2.45, 2.75) is 72.1 Å². The van der Waals surface area contributed by atoms with Gasteiger partial charge in [0, 0.05) is 18.9 Å². The lowest BCUT2D eigenvalue weighted by molar-refractivity contribution is -0.126. The molecule has 160 valence electrons. The third kappa shape index (κ3) is 3.17. The first-order valence-electron chi connectivity index (χ1n) is 11.2. The van der Waals surface area contributed by atoms with Crippen LogP contribution in [0.25, 0.3) is 0 Å². The number of ketones is 1. The summed E-state index contributed by atoms with van der Waals surface area (Å²) in [5.74, 6) is 0.362. The lowest BCUT2D eigenvalue weighted by Gasteiger charge is -2.47. The number of carbonyl (C=O) groups excluding carboxylic acids is 2. The van der Waals surface area contributed by atoms with Crippen LogP contribution in [-0.4, -0.2) is 47.0 Å². The van der Waals surface area contributed by atoms with Crippen LogP contribution in [-0.2, 0) is 14.3 Å². The number of likely N-dealkylation sites (tertiary alicyclic amines) is 1. The summed E-state index contributed by atoms with van der Waals surface area (Å²) in [6.45, 7) is 10.3. The first kappa shape index (κ1) is 20.6. The van der Waals surface area contributed by atoms with Crippen LogP contribution in [0.1, 0.15) is 53.9 Å². The molecule has 0 bridgehead atoms. The Morgan fingerprint density at radius 3 is 2.45 bits per heavy atom. The van der Waals surface area contributed by atoms with E-state index in [0.29, 0.717) is 11.8 Å². The summed E-state index contributed by atoms with van der Waals surface area (Å²) in [6, 6.07) is -0.492. The molecule has 5 nitrogen and oxygen atoms in total. The number of amides is 1. The van der Waals surface area contributed by atoms with Crippen molar-refractivity contribution in [2.75, 3.05) is 7.05 Å². The van der Waals surface area contributed by atoms with Gasteiger partial charge in [-0.15, -0.1) is 0 Å². The standard InChI is InChI=1S/C24H35NO4/c1-11(2)20-22(27)19(24(28)25(20)6)21(26)18-16-12(3)8-7-9-15(16)10-13(4)17(18)23-14(5)29-23/h10-12,14-18,20,23,26H,7-9H2,1-6H3/b21-19-/t12-,14-,15-,16+,17-,18-,20+,23+/m0/s1. The van der Waals surface area contributed by atoms with Gasteiger partial charge >= 0.3 is 0 Å². The Bertz CT molecular complexity index is 782. The van der Waals surface area contributed by atoms with Crippen molar-refractivity contribution in [3.8, 4) is 0 Å². The number of rotatable bonds is 3. The van der Waals surface area contributed by atoms with Crippen molar-refractivity contribution in [1.29, 1.82) is 0 Å². The molecule has 4 aliphatic rings. The van der Waals surface area contributed by atoms with E-state index in [1.807, 2.05) is 13.8 Å². The summed E-state index contributed by atoms with van der Waals surface area (Å²) in [7, 11) is 1.67. The highest BCUT2D eigenvalue weighted by Gasteiger charge is 2.55. The Labute approximate surface area is 174 Å². The Morgan fingerprint density at radius 1 is 1.24 bits per heavy atom. The van der Waals surface area contributed by atoms with Crippen molar-refractivity contribution < 1.29 is 19.4 Å². The predicted octanol–water partition coefficient (Wildman–Crippen LogP) is 3.90. The summed E-state index contributed by atoms with van der Waals surface area (Å²) in [4.78, 5) is 27.8. The number of nitrogens with zero attached hydrogens (tertiary/aromatic N) is 1. The zero-order chi connectivity index (χ0) is 21.2. The normalized spacial score (nSPS) is 44.1. The van der Waals surface area contributed by atoms with Crippen molar-refractivity contribution in [3.05, 3.63) is 23.0 Å². The topological polar surface area (TPSA) is 70.1 Å². The van der Waals surface area contributed by atoms with Gasteiger partial charge in [0.2, 0.25) is 0 Å². The van der Waals surface area contributed by atoms with Crippen molar-refractivity contribution >= 4 is 11.7 Å². The lowest BCUT2D eigenvalue weighted by Crippen LogP contribution is -2.43. The number of aliphatic hydroxyl groups excluding tert-OH is 1. The number of likely N-dealkylation sites (N-methyl/N-ethyl adjacent to an activating group) is 1. The van der Waals surface area contributed by atoms with Gasteiger partial charge in [0.1, 0.15) is 11.3 Å². The Balaban J connectivity index is 1.82. The quantitative estimate of drug-likeness (QED) is 0.256. The summed E-state index contributed by atoms with van der Waals surface area (Å²) < 4.78 is 5.86. The zero-order valence-electron chi connectivity index (χ0n) is 18.5. The lowest BCUT2D eigenvalue weighted by atomic mass is 9.57. The molecule has 1 amide bonds. The molecule has 0 unspecified atom stereocenters. The Morgan fingerprint density at radius 2 is 1.90 bits per heavy atom. The maximum atomic E-state index is 13.2. The van der Waals surface area contributed by atoms with E-state index in [2.05, 4.69) is 26.8 Å². The minimum Gasteiger partial charge on any atom is -0.511 e. The maximum Gasteiger partial charge on any atom is 0.261 e.